The first-order valence-electron chi connectivity index (χ1n) is 10.7. The van der Waals surface area contributed by atoms with E-state index in [9.17, 15) is 18.0 Å². The highest BCUT2D eigenvalue weighted by molar-refractivity contribution is 7.92. The Morgan fingerprint density at radius 3 is 2.22 bits per heavy atom. The average Bonchev–Trinajstić information content (AvgIpc) is 2.72. The van der Waals surface area contributed by atoms with Gasteiger partial charge in [0.15, 0.2) is 0 Å². The molecule has 2 aromatic carbocycles. The van der Waals surface area contributed by atoms with Crippen molar-refractivity contribution in [3.05, 3.63) is 65.2 Å². The lowest BCUT2D eigenvalue weighted by atomic mass is 10.1. The van der Waals surface area contributed by atoms with Crippen molar-refractivity contribution < 1.29 is 18.0 Å². The SMILES string of the molecule is CCCNC(=O)C(C)N(Cc1cccc(C)c1)C(=O)CN(c1cccc(C)c1)S(C)(=O)=O. The molecule has 32 heavy (non-hydrogen) atoms. The van der Waals surface area contributed by atoms with E-state index < -0.39 is 22.0 Å². The minimum Gasteiger partial charge on any atom is -0.354 e. The maximum Gasteiger partial charge on any atom is 0.244 e. The van der Waals surface area contributed by atoms with Crippen LogP contribution in [0.5, 0.6) is 0 Å². The van der Waals surface area contributed by atoms with Gasteiger partial charge in [-0.1, -0.05) is 48.9 Å². The van der Waals surface area contributed by atoms with Crippen LogP contribution in [0, 0.1) is 13.8 Å². The predicted molar refractivity (Wildman–Crippen MR) is 128 cm³/mol. The van der Waals surface area contributed by atoms with E-state index in [2.05, 4.69) is 5.32 Å². The topological polar surface area (TPSA) is 86.8 Å². The highest BCUT2D eigenvalue weighted by atomic mass is 32.2. The Hall–Kier alpha value is -2.87. The summed E-state index contributed by atoms with van der Waals surface area (Å²) >= 11 is 0. The molecule has 0 bridgehead atoms. The number of hydrogen-bond donors (Lipinski definition) is 1. The summed E-state index contributed by atoms with van der Waals surface area (Å²) in [6, 6.07) is 13.9. The lowest BCUT2D eigenvalue weighted by Crippen LogP contribution is -2.51. The molecule has 0 saturated heterocycles. The Kier molecular flexibility index (Phi) is 8.83. The Bertz CT molecular complexity index is 1050. The number of nitrogens with zero attached hydrogens (tertiary/aromatic N) is 2. The Balaban J connectivity index is 2.37. The third-order valence-electron chi connectivity index (χ3n) is 5.12. The van der Waals surface area contributed by atoms with Crippen LogP contribution in [-0.2, 0) is 26.2 Å². The average molecular weight is 460 g/mol. The molecular formula is C24H33N3O4S. The Morgan fingerprint density at radius 1 is 1.03 bits per heavy atom. The second-order valence-electron chi connectivity index (χ2n) is 8.09. The van der Waals surface area contributed by atoms with Crippen LogP contribution in [0.15, 0.2) is 48.5 Å². The number of rotatable bonds is 10. The largest absolute Gasteiger partial charge is 0.354 e. The summed E-state index contributed by atoms with van der Waals surface area (Å²) < 4.78 is 26.1. The quantitative estimate of drug-likeness (QED) is 0.592. The number of carbonyl (C=O) groups excluding carboxylic acids is 2. The van der Waals surface area contributed by atoms with E-state index >= 15 is 0 Å². The molecule has 0 aliphatic carbocycles. The van der Waals surface area contributed by atoms with Crippen LogP contribution in [-0.4, -0.2) is 50.5 Å². The number of nitrogens with one attached hydrogen (secondary N) is 1. The lowest BCUT2D eigenvalue weighted by Gasteiger charge is -2.31. The van der Waals surface area contributed by atoms with Gasteiger partial charge in [-0.15, -0.1) is 0 Å². The monoisotopic (exact) mass is 459 g/mol. The second-order valence-corrected chi connectivity index (χ2v) is 9.99. The molecule has 0 saturated carbocycles. The van der Waals surface area contributed by atoms with Crippen molar-refractivity contribution in [3.63, 3.8) is 0 Å². The lowest BCUT2D eigenvalue weighted by molar-refractivity contribution is -0.139. The van der Waals surface area contributed by atoms with Gasteiger partial charge in [-0.3, -0.25) is 13.9 Å². The fraction of sp³-hybridized carbons (Fsp3) is 0.417. The molecule has 1 N–H and O–H groups in total. The second kappa shape index (κ2) is 11.1. The molecule has 0 aliphatic rings. The molecule has 2 rings (SSSR count). The van der Waals surface area contributed by atoms with Crippen molar-refractivity contribution in [3.8, 4) is 0 Å². The van der Waals surface area contributed by atoms with Gasteiger partial charge in [0, 0.05) is 13.1 Å². The summed E-state index contributed by atoms with van der Waals surface area (Å²) in [5, 5.41) is 2.82. The molecule has 8 heteroatoms. The molecule has 7 nitrogen and oxygen atoms in total. The normalized spacial score (nSPS) is 12.2. The standard InChI is InChI=1S/C24H33N3O4S/c1-6-13-25-24(29)20(4)26(16-21-11-7-9-18(2)14-21)23(28)17-27(32(5,30)31)22-12-8-10-19(3)15-22/h7-12,14-15,20H,6,13,16-17H2,1-5H3,(H,25,29). The number of amides is 2. The van der Waals surface area contributed by atoms with Crippen molar-refractivity contribution in [2.24, 2.45) is 0 Å². The third kappa shape index (κ3) is 7.09. The summed E-state index contributed by atoms with van der Waals surface area (Å²) in [7, 11) is -3.72. The maximum absolute atomic E-state index is 13.4. The van der Waals surface area contributed by atoms with E-state index in [1.807, 2.05) is 51.1 Å². The highest BCUT2D eigenvalue weighted by Gasteiger charge is 2.30. The van der Waals surface area contributed by atoms with Crippen LogP contribution in [0.4, 0.5) is 5.69 Å². The van der Waals surface area contributed by atoms with Gasteiger partial charge in [0.05, 0.1) is 11.9 Å². The molecule has 1 unspecified atom stereocenters. The fourth-order valence-electron chi connectivity index (χ4n) is 3.38. The third-order valence-corrected chi connectivity index (χ3v) is 6.26. The van der Waals surface area contributed by atoms with Gasteiger partial charge in [-0.05, 0) is 50.5 Å². The van der Waals surface area contributed by atoms with E-state index in [0.717, 1.165) is 33.7 Å². The van der Waals surface area contributed by atoms with Crippen LogP contribution in [0.2, 0.25) is 0 Å². The van der Waals surface area contributed by atoms with Crippen LogP contribution in [0.25, 0.3) is 0 Å². The smallest absolute Gasteiger partial charge is 0.244 e. The zero-order valence-corrected chi connectivity index (χ0v) is 20.3. The van der Waals surface area contributed by atoms with Gasteiger partial charge in [0.1, 0.15) is 12.6 Å². The van der Waals surface area contributed by atoms with Crippen molar-refractivity contribution >= 4 is 27.5 Å². The zero-order chi connectivity index (χ0) is 23.9. The van der Waals surface area contributed by atoms with Crippen molar-refractivity contribution in [1.29, 1.82) is 0 Å². The van der Waals surface area contributed by atoms with E-state index in [-0.39, 0.29) is 19.0 Å². The molecule has 2 amide bonds. The fourth-order valence-corrected chi connectivity index (χ4v) is 4.22. The molecule has 0 radical (unpaired) electrons. The van der Waals surface area contributed by atoms with E-state index in [1.54, 1.807) is 25.1 Å². The van der Waals surface area contributed by atoms with E-state index in [4.69, 9.17) is 0 Å². The molecule has 2 aromatic rings. The molecule has 0 fully saturated rings. The van der Waals surface area contributed by atoms with Crippen molar-refractivity contribution in [2.75, 3.05) is 23.7 Å². The Labute approximate surface area is 191 Å². The van der Waals surface area contributed by atoms with Crippen LogP contribution < -0.4 is 9.62 Å². The summed E-state index contributed by atoms with van der Waals surface area (Å²) in [6.45, 7) is 7.75. The highest BCUT2D eigenvalue weighted by Crippen LogP contribution is 2.20. The van der Waals surface area contributed by atoms with Crippen LogP contribution in [0.1, 0.15) is 37.0 Å². The molecule has 1 atom stereocenters. The molecule has 0 aromatic heterocycles. The molecule has 0 heterocycles. The number of benzene rings is 2. The van der Waals surface area contributed by atoms with Crippen molar-refractivity contribution in [2.45, 2.75) is 46.7 Å². The Morgan fingerprint density at radius 2 is 1.66 bits per heavy atom. The number of anilines is 1. The molecule has 0 spiro atoms. The minimum atomic E-state index is -3.72. The van der Waals surface area contributed by atoms with Gasteiger partial charge in [-0.25, -0.2) is 8.42 Å². The number of aryl methyl sites for hydroxylation is 2. The molecule has 174 valence electrons. The zero-order valence-electron chi connectivity index (χ0n) is 19.5. The van der Waals surface area contributed by atoms with Gasteiger partial charge < -0.3 is 10.2 Å². The summed E-state index contributed by atoms with van der Waals surface area (Å²) in [5.74, 6) is -0.716. The van der Waals surface area contributed by atoms with E-state index in [1.165, 1.54) is 4.90 Å². The van der Waals surface area contributed by atoms with Crippen LogP contribution in [0.3, 0.4) is 0 Å². The van der Waals surface area contributed by atoms with Crippen molar-refractivity contribution in [1.82, 2.24) is 10.2 Å². The molecular weight excluding hydrogens is 426 g/mol. The van der Waals surface area contributed by atoms with Gasteiger partial charge in [0.2, 0.25) is 21.8 Å². The maximum atomic E-state index is 13.4. The summed E-state index contributed by atoms with van der Waals surface area (Å²) in [5.41, 5.74) is 3.21. The van der Waals surface area contributed by atoms with Crippen LogP contribution >= 0.6 is 0 Å². The number of carbonyl (C=O) groups is 2. The predicted octanol–water partition coefficient (Wildman–Crippen LogP) is 3.01. The summed E-state index contributed by atoms with van der Waals surface area (Å²) in [6.07, 6.45) is 1.85. The first-order chi connectivity index (χ1) is 15.0. The number of sulfonamides is 1. The first-order valence-corrected chi connectivity index (χ1v) is 12.5. The van der Waals surface area contributed by atoms with Gasteiger partial charge in [-0.2, -0.15) is 0 Å². The number of hydrogen-bond acceptors (Lipinski definition) is 4. The van der Waals surface area contributed by atoms with Gasteiger partial charge >= 0.3 is 0 Å². The minimum absolute atomic E-state index is 0.201. The van der Waals surface area contributed by atoms with Gasteiger partial charge in [0.25, 0.3) is 0 Å². The molecule has 0 aliphatic heterocycles. The van der Waals surface area contributed by atoms with E-state index in [0.29, 0.717) is 12.2 Å². The first kappa shape index (κ1) is 25.4. The summed E-state index contributed by atoms with van der Waals surface area (Å²) in [4.78, 5) is 27.5.